The first-order chi connectivity index (χ1) is 6.54. The zero-order valence-electron chi connectivity index (χ0n) is 8.50. The summed E-state index contributed by atoms with van der Waals surface area (Å²) in [4.78, 5) is 14.8. The summed E-state index contributed by atoms with van der Waals surface area (Å²) in [6.07, 6.45) is 0.604. The molecule has 5 nitrogen and oxygen atoms in total. The van der Waals surface area contributed by atoms with E-state index in [4.69, 9.17) is 9.52 Å². The number of aromatic carboxylic acids is 1. The van der Waals surface area contributed by atoms with E-state index in [0.717, 1.165) is 0 Å². The van der Waals surface area contributed by atoms with Crippen molar-refractivity contribution in [1.29, 1.82) is 0 Å². The number of carboxylic acid groups (broad SMARTS) is 1. The minimum atomic E-state index is -1.07. The average molecular weight is 198 g/mol. The second-order valence-electron chi connectivity index (χ2n) is 3.45. The number of oxazole rings is 1. The van der Waals surface area contributed by atoms with Crippen LogP contribution in [-0.4, -0.2) is 23.1 Å². The van der Waals surface area contributed by atoms with Crippen molar-refractivity contribution in [3.8, 4) is 0 Å². The molecule has 0 aliphatic rings. The van der Waals surface area contributed by atoms with Gasteiger partial charge in [0.05, 0.1) is 5.69 Å². The van der Waals surface area contributed by atoms with Crippen molar-refractivity contribution < 1.29 is 14.3 Å². The Morgan fingerprint density at radius 2 is 2.29 bits per heavy atom. The second-order valence-corrected chi connectivity index (χ2v) is 3.45. The highest BCUT2D eigenvalue weighted by molar-refractivity contribution is 5.85. The number of anilines is 1. The molecule has 78 valence electrons. The quantitative estimate of drug-likeness (QED) is 0.768. The molecular weight excluding hydrogens is 184 g/mol. The molecule has 0 aliphatic carbocycles. The van der Waals surface area contributed by atoms with E-state index in [-0.39, 0.29) is 11.8 Å². The summed E-state index contributed by atoms with van der Waals surface area (Å²) in [7, 11) is 1.64. The molecule has 14 heavy (non-hydrogen) atoms. The molecule has 0 saturated heterocycles. The zero-order valence-corrected chi connectivity index (χ0v) is 8.50. The molecule has 0 unspecified atom stereocenters. The lowest BCUT2D eigenvalue weighted by Crippen LogP contribution is -2.03. The van der Waals surface area contributed by atoms with Crippen molar-refractivity contribution >= 4 is 12.0 Å². The molecule has 0 amide bonds. The first kappa shape index (κ1) is 10.6. The van der Waals surface area contributed by atoms with Gasteiger partial charge in [-0.1, -0.05) is 13.8 Å². The highest BCUT2D eigenvalue weighted by Crippen LogP contribution is 2.17. The smallest absolute Gasteiger partial charge is 0.373 e. The van der Waals surface area contributed by atoms with Crippen LogP contribution >= 0.6 is 0 Å². The van der Waals surface area contributed by atoms with Crippen molar-refractivity contribution in [3.05, 3.63) is 11.5 Å². The summed E-state index contributed by atoms with van der Waals surface area (Å²) >= 11 is 0. The van der Waals surface area contributed by atoms with Crippen LogP contribution in [0.1, 0.15) is 30.1 Å². The van der Waals surface area contributed by atoms with Gasteiger partial charge >= 0.3 is 5.97 Å². The molecular formula is C9H14N2O3. The number of carboxylic acids is 1. The van der Waals surface area contributed by atoms with E-state index in [9.17, 15) is 4.79 Å². The fourth-order valence-electron chi connectivity index (χ4n) is 1.15. The van der Waals surface area contributed by atoms with E-state index in [1.165, 1.54) is 0 Å². The van der Waals surface area contributed by atoms with Crippen LogP contribution in [0.15, 0.2) is 4.42 Å². The topological polar surface area (TPSA) is 75.4 Å². The molecule has 0 fully saturated rings. The second kappa shape index (κ2) is 4.13. The van der Waals surface area contributed by atoms with Crippen molar-refractivity contribution in [2.24, 2.45) is 5.92 Å². The van der Waals surface area contributed by atoms with Crippen LogP contribution in [0.2, 0.25) is 0 Å². The minimum Gasteiger partial charge on any atom is -0.475 e. The van der Waals surface area contributed by atoms with Crippen LogP contribution in [0.3, 0.4) is 0 Å². The minimum absolute atomic E-state index is 0.0666. The molecule has 0 saturated carbocycles. The number of rotatable bonds is 4. The zero-order chi connectivity index (χ0) is 10.7. The van der Waals surface area contributed by atoms with E-state index in [2.05, 4.69) is 10.3 Å². The van der Waals surface area contributed by atoms with Gasteiger partial charge in [0.25, 0.3) is 6.01 Å². The van der Waals surface area contributed by atoms with Crippen LogP contribution in [0.25, 0.3) is 0 Å². The fraction of sp³-hybridized carbons (Fsp3) is 0.556. The Morgan fingerprint density at radius 1 is 1.64 bits per heavy atom. The first-order valence-corrected chi connectivity index (χ1v) is 4.45. The Bertz CT molecular complexity index is 331. The lowest BCUT2D eigenvalue weighted by atomic mass is 10.1. The van der Waals surface area contributed by atoms with Crippen molar-refractivity contribution in [3.63, 3.8) is 0 Å². The Hall–Kier alpha value is -1.52. The van der Waals surface area contributed by atoms with Crippen LogP contribution in [0.5, 0.6) is 0 Å². The van der Waals surface area contributed by atoms with Gasteiger partial charge in [0, 0.05) is 7.05 Å². The molecule has 0 bridgehead atoms. The molecule has 1 rings (SSSR count). The van der Waals surface area contributed by atoms with E-state index in [1.807, 2.05) is 13.8 Å². The molecule has 0 atom stereocenters. The largest absolute Gasteiger partial charge is 0.475 e. The van der Waals surface area contributed by atoms with Gasteiger partial charge in [0.1, 0.15) is 0 Å². The monoisotopic (exact) mass is 198 g/mol. The van der Waals surface area contributed by atoms with Gasteiger partial charge < -0.3 is 14.8 Å². The van der Waals surface area contributed by atoms with Crippen molar-refractivity contribution in [2.45, 2.75) is 20.3 Å². The number of carbonyl (C=O) groups is 1. The normalized spacial score (nSPS) is 10.6. The molecule has 1 heterocycles. The molecule has 2 N–H and O–H groups in total. The third-order valence-electron chi connectivity index (χ3n) is 1.71. The lowest BCUT2D eigenvalue weighted by Gasteiger charge is -1.99. The Kier molecular flexibility index (Phi) is 3.11. The van der Waals surface area contributed by atoms with Crippen LogP contribution in [0.4, 0.5) is 6.01 Å². The summed E-state index contributed by atoms with van der Waals surface area (Å²) in [5.41, 5.74) is 0.497. The third kappa shape index (κ3) is 2.25. The maximum absolute atomic E-state index is 10.8. The van der Waals surface area contributed by atoms with Crippen LogP contribution < -0.4 is 5.32 Å². The van der Waals surface area contributed by atoms with Crippen molar-refractivity contribution in [1.82, 2.24) is 4.98 Å². The van der Waals surface area contributed by atoms with Gasteiger partial charge in [0.2, 0.25) is 5.76 Å². The Labute approximate surface area is 82.1 Å². The number of hydrogen-bond acceptors (Lipinski definition) is 4. The Morgan fingerprint density at radius 3 is 2.71 bits per heavy atom. The van der Waals surface area contributed by atoms with E-state index in [0.29, 0.717) is 18.0 Å². The molecule has 0 aliphatic heterocycles. The third-order valence-corrected chi connectivity index (χ3v) is 1.71. The first-order valence-electron chi connectivity index (χ1n) is 4.45. The number of nitrogens with one attached hydrogen (secondary N) is 1. The van der Waals surface area contributed by atoms with Gasteiger partial charge in [-0.05, 0) is 12.3 Å². The predicted molar refractivity (Wildman–Crippen MR) is 51.6 cm³/mol. The summed E-state index contributed by atoms with van der Waals surface area (Å²) in [5, 5.41) is 11.5. The van der Waals surface area contributed by atoms with Gasteiger partial charge in [0.15, 0.2) is 0 Å². The maximum Gasteiger partial charge on any atom is 0.373 e. The highest BCUT2D eigenvalue weighted by atomic mass is 16.4. The summed E-state index contributed by atoms with van der Waals surface area (Å²) in [6, 6.07) is 0.248. The summed E-state index contributed by atoms with van der Waals surface area (Å²) in [5.74, 6) is -0.791. The molecule has 5 heteroatoms. The maximum atomic E-state index is 10.8. The summed E-state index contributed by atoms with van der Waals surface area (Å²) < 4.78 is 5.00. The molecule has 1 aromatic rings. The molecule has 0 radical (unpaired) electrons. The number of aromatic nitrogens is 1. The standard InChI is InChI=1S/C9H14N2O3/c1-5(2)4-6-7(8(12)13)14-9(10-3)11-6/h5H,4H2,1-3H3,(H,10,11)(H,12,13). The average Bonchev–Trinajstić information content (AvgIpc) is 2.46. The van der Waals surface area contributed by atoms with E-state index in [1.54, 1.807) is 7.05 Å². The Balaban J connectivity index is 2.99. The molecule has 1 aromatic heterocycles. The van der Waals surface area contributed by atoms with Crippen LogP contribution in [0, 0.1) is 5.92 Å². The highest BCUT2D eigenvalue weighted by Gasteiger charge is 2.19. The SMILES string of the molecule is CNc1nc(CC(C)C)c(C(=O)O)o1. The molecule has 0 spiro atoms. The number of nitrogens with zero attached hydrogens (tertiary/aromatic N) is 1. The van der Waals surface area contributed by atoms with Crippen LogP contribution in [-0.2, 0) is 6.42 Å². The lowest BCUT2D eigenvalue weighted by molar-refractivity contribution is 0.0661. The van der Waals surface area contributed by atoms with Gasteiger partial charge in [-0.15, -0.1) is 0 Å². The number of hydrogen-bond donors (Lipinski definition) is 2. The fourth-order valence-corrected chi connectivity index (χ4v) is 1.15. The van der Waals surface area contributed by atoms with Crippen molar-refractivity contribution in [2.75, 3.05) is 12.4 Å². The van der Waals surface area contributed by atoms with E-state index < -0.39 is 5.97 Å². The molecule has 0 aromatic carbocycles. The summed E-state index contributed by atoms with van der Waals surface area (Å²) in [6.45, 7) is 4.00. The van der Waals surface area contributed by atoms with Gasteiger partial charge in [-0.2, -0.15) is 4.98 Å². The van der Waals surface area contributed by atoms with Gasteiger partial charge in [-0.3, -0.25) is 0 Å². The van der Waals surface area contributed by atoms with E-state index >= 15 is 0 Å². The van der Waals surface area contributed by atoms with Gasteiger partial charge in [-0.25, -0.2) is 4.79 Å². The predicted octanol–water partition coefficient (Wildman–Crippen LogP) is 1.61.